The lowest BCUT2D eigenvalue weighted by Crippen LogP contribution is -2.08. The number of hydrogen-bond acceptors (Lipinski definition) is 5. The van der Waals surface area contributed by atoms with Gasteiger partial charge in [0.15, 0.2) is 11.6 Å². The zero-order valence-corrected chi connectivity index (χ0v) is 16.2. The summed E-state index contributed by atoms with van der Waals surface area (Å²) in [5, 5.41) is 0.728. The summed E-state index contributed by atoms with van der Waals surface area (Å²) in [6.07, 6.45) is 0.0984. The van der Waals surface area contributed by atoms with Crippen molar-refractivity contribution >= 4 is 28.7 Å². The Morgan fingerprint density at radius 2 is 1.89 bits per heavy atom. The second-order valence-electron chi connectivity index (χ2n) is 6.31. The Bertz CT molecular complexity index is 1090. The van der Waals surface area contributed by atoms with Gasteiger partial charge in [0.05, 0.1) is 6.42 Å². The van der Waals surface area contributed by atoms with Crippen molar-refractivity contribution < 1.29 is 22.7 Å². The topological polar surface area (TPSA) is 56.5 Å². The monoisotopic (exact) mass is 404 g/mol. The molecule has 7 heteroatoms. The Hall–Kier alpha value is -2.67. The minimum absolute atomic E-state index is 0.0424. The quantitative estimate of drug-likeness (QED) is 0.332. The number of benzene rings is 2. The van der Waals surface area contributed by atoms with Crippen LogP contribution in [0.1, 0.15) is 23.1 Å². The lowest BCUT2D eigenvalue weighted by atomic mass is 10.0. The van der Waals surface area contributed by atoms with Crippen LogP contribution in [0.5, 0.6) is 0 Å². The molecule has 0 aliphatic rings. The number of esters is 1. The van der Waals surface area contributed by atoms with Crippen LogP contribution in [0.15, 0.2) is 50.5 Å². The SMILES string of the molecule is Cc1ccc2c(COC(=O)CCSc3ccc(F)c(F)c3)cc(=O)oc2c1C. The molecule has 0 unspecified atom stereocenters. The van der Waals surface area contributed by atoms with Gasteiger partial charge in [0, 0.05) is 27.7 Å². The van der Waals surface area contributed by atoms with E-state index in [0.29, 0.717) is 21.8 Å². The normalized spacial score (nSPS) is 11.0. The number of carbonyl (C=O) groups is 1. The average molecular weight is 404 g/mol. The lowest BCUT2D eigenvalue weighted by molar-refractivity contribution is -0.144. The van der Waals surface area contributed by atoms with Gasteiger partial charge in [0.1, 0.15) is 12.2 Å². The number of fused-ring (bicyclic) bond motifs is 1. The Kier molecular flexibility index (Phi) is 6.14. The van der Waals surface area contributed by atoms with E-state index in [2.05, 4.69) is 0 Å². The van der Waals surface area contributed by atoms with Gasteiger partial charge in [-0.25, -0.2) is 13.6 Å². The highest BCUT2D eigenvalue weighted by Crippen LogP contribution is 2.24. The fourth-order valence-electron chi connectivity index (χ4n) is 2.69. The molecule has 0 bridgehead atoms. The summed E-state index contributed by atoms with van der Waals surface area (Å²) in [4.78, 5) is 24.4. The van der Waals surface area contributed by atoms with E-state index in [1.165, 1.54) is 23.9 Å². The highest BCUT2D eigenvalue weighted by atomic mass is 32.2. The van der Waals surface area contributed by atoms with Gasteiger partial charge in [-0.15, -0.1) is 11.8 Å². The molecule has 0 spiro atoms. The minimum Gasteiger partial charge on any atom is -0.461 e. The molecular formula is C21H18F2O4S. The van der Waals surface area contributed by atoms with Crippen molar-refractivity contribution in [1.29, 1.82) is 0 Å². The van der Waals surface area contributed by atoms with Gasteiger partial charge >= 0.3 is 11.6 Å². The summed E-state index contributed by atoms with van der Waals surface area (Å²) >= 11 is 1.23. The van der Waals surface area contributed by atoms with Gasteiger partial charge in [-0.1, -0.05) is 12.1 Å². The van der Waals surface area contributed by atoms with Crippen molar-refractivity contribution in [2.75, 3.05) is 5.75 Å². The second kappa shape index (κ2) is 8.56. The van der Waals surface area contributed by atoms with E-state index in [0.717, 1.165) is 28.6 Å². The summed E-state index contributed by atoms with van der Waals surface area (Å²) in [7, 11) is 0. The smallest absolute Gasteiger partial charge is 0.336 e. The molecule has 0 saturated carbocycles. The highest BCUT2D eigenvalue weighted by Gasteiger charge is 2.12. The minimum atomic E-state index is -0.923. The molecular weight excluding hydrogens is 386 g/mol. The number of aryl methyl sites for hydroxylation is 2. The third-order valence-corrected chi connectivity index (χ3v) is 5.37. The Morgan fingerprint density at radius 3 is 2.64 bits per heavy atom. The molecule has 0 radical (unpaired) electrons. The molecule has 2 aromatic carbocycles. The Labute approximate surface area is 164 Å². The third kappa shape index (κ3) is 4.59. The van der Waals surface area contributed by atoms with Gasteiger partial charge in [-0.3, -0.25) is 4.79 Å². The molecule has 1 heterocycles. The van der Waals surface area contributed by atoms with E-state index in [1.54, 1.807) is 0 Å². The zero-order chi connectivity index (χ0) is 20.3. The van der Waals surface area contributed by atoms with E-state index >= 15 is 0 Å². The fourth-order valence-corrected chi connectivity index (χ4v) is 3.55. The van der Waals surface area contributed by atoms with Crippen LogP contribution < -0.4 is 5.63 Å². The Balaban J connectivity index is 1.61. The van der Waals surface area contributed by atoms with Crippen LogP contribution in [0.3, 0.4) is 0 Å². The maximum absolute atomic E-state index is 13.2. The predicted octanol–water partition coefficient (Wildman–Crippen LogP) is 4.91. The van der Waals surface area contributed by atoms with Crippen molar-refractivity contribution in [3.8, 4) is 0 Å². The van der Waals surface area contributed by atoms with Crippen molar-refractivity contribution in [1.82, 2.24) is 0 Å². The first kappa shape index (κ1) is 20.1. The largest absolute Gasteiger partial charge is 0.461 e. The van der Waals surface area contributed by atoms with Crippen LogP contribution in [0.25, 0.3) is 11.0 Å². The van der Waals surface area contributed by atoms with Gasteiger partial charge in [0.2, 0.25) is 0 Å². The molecule has 0 fully saturated rings. The first-order valence-corrected chi connectivity index (χ1v) is 9.60. The molecule has 3 aromatic rings. The molecule has 0 saturated heterocycles. The van der Waals surface area contributed by atoms with E-state index in [1.807, 2.05) is 26.0 Å². The maximum Gasteiger partial charge on any atom is 0.336 e. The lowest BCUT2D eigenvalue weighted by Gasteiger charge is -2.10. The van der Waals surface area contributed by atoms with Gasteiger partial charge in [0.25, 0.3) is 0 Å². The maximum atomic E-state index is 13.2. The number of carbonyl (C=O) groups excluding carboxylic acids is 1. The van der Waals surface area contributed by atoms with Gasteiger partial charge in [-0.05, 0) is 43.2 Å². The highest BCUT2D eigenvalue weighted by molar-refractivity contribution is 7.99. The zero-order valence-electron chi connectivity index (χ0n) is 15.4. The van der Waals surface area contributed by atoms with E-state index in [9.17, 15) is 18.4 Å². The second-order valence-corrected chi connectivity index (χ2v) is 7.48. The predicted molar refractivity (Wildman–Crippen MR) is 103 cm³/mol. The van der Waals surface area contributed by atoms with Crippen LogP contribution in [-0.2, 0) is 16.1 Å². The van der Waals surface area contributed by atoms with Crippen molar-refractivity contribution in [3.05, 3.63) is 75.1 Å². The average Bonchev–Trinajstić information content (AvgIpc) is 2.66. The van der Waals surface area contributed by atoms with Gasteiger partial charge < -0.3 is 9.15 Å². The number of thioether (sulfide) groups is 1. The molecule has 0 amide bonds. The first-order valence-electron chi connectivity index (χ1n) is 8.61. The molecule has 3 rings (SSSR count). The van der Waals surface area contributed by atoms with Crippen LogP contribution >= 0.6 is 11.8 Å². The molecule has 4 nitrogen and oxygen atoms in total. The standard InChI is InChI=1S/C21H18F2O4S/c1-12-3-5-16-14(9-20(25)27-21(16)13(12)2)11-26-19(24)7-8-28-15-4-6-17(22)18(23)10-15/h3-6,9-10H,7-8,11H2,1-2H3. The van der Waals surface area contributed by atoms with E-state index < -0.39 is 23.2 Å². The van der Waals surface area contributed by atoms with Crippen LogP contribution in [0.2, 0.25) is 0 Å². The van der Waals surface area contributed by atoms with Crippen LogP contribution in [-0.4, -0.2) is 11.7 Å². The van der Waals surface area contributed by atoms with Crippen molar-refractivity contribution in [2.24, 2.45) is 0 Å². The molecule has 0 atom stereocenters. The van der Waals surface area contributed by atoms with E-state index in [4.69, 9.17) is 9.15 Å². The molecule has 1 aromatic heterocycles. The molecule has 28 heavy (non-hydrogen) atoms. The number of hydrogen-bond donors (Lipinski definition) is 0. The summed E-state index contributed by atoms with van der Waals surface area (Å²) in [6.45, 7) is 3.75. The van der Waals surface area contributed by atoms with E-state index in [-0.39, 0.29) is 13.0 Å². The van der Waals surface area contributed by atoms with Crippen molar-refractivity contribution in [3.63, 3.8) is 0 Å². The number of ether oxygens (including phenoxy) is 1. The Morgan fingerprint density at radius 1 is 1.11 bits per heavy atom. The van der Waals surface area contributed by atoms with Gasteiger partial charge in [-0.2, -0.15) is 0 Å². The summed E-state index contributed by atoms with van der Waals surface area (Å²) in [5.41, 5.74) is 2.44. The summed E-state index contributed by atoms with van der Waals surface area (Å²) < 4.78 is 36.7. The number of halogens is 2. The summed E-state index contributed by atoms with van der Waals surface area (Å²) in [6, 6.07) is 8.66. The molecule has 0 N–H and O–H groups in total. The fraction of sp³-hybridized carbons (Fsp3) is 0.238. The summed E-state index contributed by atoms with van der Waals surface area (Å²) in [5.74, 6) is -1.91. The molecule has 0 aliphatic heterocycles. The first-order chi connectivity index (χ1) is 13.3. The molecule has 0 aliphatic carbocycles. The molecule has 146 valence electrons. The van der Waals surface area contributed by atoms with Crippen molar-refractivity contribution in [2.45, 2.75) is 31.8 Å². The third-order valence-electron chi connectivity index (χ3n) is 4.37. The van der Waals surface area contributed by atoms with Crippen LogP contribution in [0, 0.1) is 25.5 Å². The number of rotatable bonds is 6. The van der Waals surface area contributed by atoms with Crippen LogP contribution in [0.4, 0.5) is 8.78 Å².